The van der Waals surface area contributed by atoms with Crippen molar-refractivity contribution >= 4 is 16.7 Å². The molecule has 0 aliphatic carbocycles. The van der Waals surface area contributed by atoms with Gasteiger partial charge in [0.2, 0.25) is 5.91 Å². The first-order valence-corrected chi connectivity index (χ1v) is 7.74. The fourth-order valence-corrected chi connectivity index (χ4v) is 2.64. The molecule has 0 heterocycles. The quantitative estimate of drug-likeness (QED) is 0.831. The molecule has 1 rings (SSSR count). The molecule has 1 N–H and O–H groups in total. The van der Waals surface area contributed by atoms with Gasteiger partial charge in [0.25, 0.3) is 0 Å². The zero-order valence-corrected chi connectivity index (χ0v) is 12.5. The van der Waals surface area contributed by atoms with E-state index in [2.05, 4.69) is 5.32 Å². The third-order valence-corrected chi connectivity index (χ3v) is 4.38. The van der Waals surface area contributed by atoms with E-state index in [-0.39, 0.29) is 5.91 Å². The summed E-state index contributed by atoms with van der Waals surface area (Å²) in [5, 5.41) is 2.26. The third-order valence-electron chi connectivity index (χ3n) is 2.76. The Kier molecular flexibility index (Phi) is 6.56. The molecule has 0 spiro atoms. The summed E-state index contributed by atoms with van der Waals surface area (Å²) >= 11 is 0. The average Bonchev–Trinajstić information content (AvgIpc) is 2.43. The lowest BCUT2D eigenvalue weighted by Gasteiger charge is -2.12. The van der Waals surface area contributed by atoms with E-state index in [0.29, 0.717) is 12.3 Å². The van der Waals surface area contributed by atoms with Crippen molar-refractivity contribution in [2.45, 2.75) is 31.3 Å². The van der Waals surface area contributed by atoms with E-state index in [9.17, 15) is 9.00 Å². The van der Waals surface area contributed by atoms with Gasteiger partial charge in [-0.25, -0.2) is 0 Å². The van der Waals surface area contributed by atoms with Crippen LogP contribution in [0.15, 0.2) is 24.3 Å². The number of carbonyl (C=O) groups is 1. The number of amides is 1. The highest BCUT2D eigenvalue weighted by atomic mass is 32.2. The molecule has 0 radical (unpaired) electrons. The maximum Gasteiger partial charge on any atom is 0.235 e. The van der Waals surface area contributed by atoms with Crippen LogP contribution in [-0.2, 0) is 21.3 Å². The topological polar surface area (TPSA) is 55.4 Å². The summed E-state index contributed by atoms with van der Waals surface area (Å²) in [6.07, 6.45) is 0.876. The predicted molar refractivity (Wildman–Crippen MR) is 77.6 cm³/mol. The molecule has 0 bridgehead atoms. The monoisotopic (exact) mass is 283 g/mol. The number of carbonyl (C=O) groups excluding carboxylic acids is 1. The molecule has 1 aromatic carbocycles. The number of benzene rings is 1. The number of hydrogen-bond donors (Lipinski definition) is 1. The molecule has 0 saturated carbocycles. The molecule has 0 unspecified atom stereocenters. The van der Waals surface area contributed by atoms with Gasteiger partial charge in [0.1, 0.15) is 11.0 Å². The van der Waals surface area contributed by atoms with Crippen LogP contribution >= 0.6 is 0 Å². The van der Waals surface area contributed by atoms with Crippen LogP contribution in [0.4, 0.5) is 0 Å². The minimum atomic E-state index is -1.23. The summed E-state index contributed by atoms with van der Waals surface area (Å²) in [5.74, 6) is 0.943. The summed E-state index contributed by atoms with van der Waals surface area (Å²) in [6.45, 7) is 4.30. The SMILES string of the molecule is CCCNC(=O)[C@H](C)[S@@](=O)Cc1cccc(OC)c1. The van der Waals surface area contributed by atoms with E-state index >= 15 is 0 Å². The number of nitrogens with one attached hydrogen (secondary N) is 1. The highest BCUT2D eigenvalue weighted by Gasteiger charge is 2.19. The maximum atomic E-state index is 12.1. The number of hydrogen-bond acceptors (Lipinski definition) is 3. The van der Waals surface area contributed by atoms with Gasteiger partial charge in [0, 0.05) is 23.1 Å². The Labute approximate surface area is 117 Å². The lowest BCUT2D eigenvalue weighted by molar-refractivity contribution is -0.120. The largest absolute Gasteiger partial charge is 0.497 e. The van der Waals surface area contributed by atoms with Gasteiger partial charge in [0.15, 0.2) is 0 Å². The van der Waals surface area contributed by atoms with Crippen LogP contribution < -0.4 is 10.1 Å². The molecule has 106 valence electrons. The fourth-order valence-electron chi connectivity index (χ4n) is 1.56. The molecular weight excluding hydrogens is 262 g/mol. The minimum Gasteiger partial charge on any atom is -0.497 e. The Morgan fingerprint density at radius 2 is 2.21 bits per heavy atom. The van der Waals surface area contributed by atoms with Crippen LogP contribution in [0.1, 0.15) is 25.8 Å². The second kappa shape index (κ2) is 7.94. The van der Waals surface area contributed by atoms with Crippen molar-refractivity contribution in [3.63, 3.8) is 0 Å². The van der Waals surface area contributed by atoms with Crippen LogP contribution in [0.3, 0.4) is 0 Å². The Morgan fingerprint density at radius 1 is 1.47 bits per heavy atom. The second-order valence-electron chi connectivity index (χ2n) is 4.31. The lowest BCUT2D eigenvalue weighted by atomic mass is 10.2. The highest BCUT2D eigenvalue weighted by Crippen LogP contribution is 2.15. The van der Waals surface area contributed by atoms with Crippen LogP contribution in [0.5, 0.6) is 5.75 Å². The predicted octanol–water partition coefficient (Wildman–Crippen LogP) is 1.86. The second-order valence-corrected chi connectivity index (χ2v) is 6.07. The number of rotatable bonds is 7. The fraction of sp³-hybridized carbons (Fsp3) is 0.500. The molecule has 0 saturated heterocycles. The molecule has 0 aliphatic rings. The van der Waals surface area contributed by atoms with Gasteiger partial charge in [0.05, 0.1) is 7.11 Å². The van der Waals surface area contributed by atoms with Crippen molar-refractivity contribution in [3.8, 4) is 5.75 Å². The molecule has 0 fully saturated rings. The summed E-state index contributed by atoms with van der Waals surface area (Å²) < 4.78 is 17.2. The van der Waals surface area contributed by atoms with Gasteiger partial charge in [-0.15, -0.1) is 0 Å². The third kappa shape index (κ3) is 5.03. The van der Waals surface area contributed by atoms with Crippen molar-refractivity contribution in [3.05, 3.63) is 29.8 Å². The molecule has 19 heavy (non-hydrogen) atoms. The van der Waals surface area contributed by atoms with Crippen molar-refractivity contribution in [1.29, 1.82) is 0 Å². The van der Waals surface area contributed by atoms with E-state index < -0.39 is 16.0 Å². The first kappa shape index (κ1) is 15.7. The van der Waals surface area contributed by atoms with E-state index in [4.69, 9.17) is 4.74 Å². The van der Waals surface area contributed by atoms with E-state index in [0.717, 1.165) is 17.7 Å². The van der Waals surface area contributed by atoms with Gasteiger partial charge < -0.3 is 10.1 Å². The first-order valence-electron chi connectivity index (χ1n) is 6.36. The minimum absolute atomic E-state index is 0.150. The Morgan fingerprint density at radius 3 is 2.84 bits per heavy atom. The zero-order valence-electron chi connectivity index (χ0n) is 11.6. The van der Waals surface area contributed by atoms with Crippen molar-refractivity contribution in [2.75, 3.05) is 13.7 Å². The van der Waals surface area contributed by atoms with E-state index in [1.807, 2.05) is 31.2 Å². The standard InChI is InChI=1S/C14H21NO3S/c1-4-8-15-14(16)11(2)19(17)10-12-6-5-7-13(9-12)18-3/h5-7,9,11H,4,8,10H2,1-3H3,(H,15,16)/t11-,19-/m0/s1. The summed E-state index contributed by atoms with van der Waals surface area (Å²) in [4.78, 5) is 11.7. The molecule has 0 aromatic heterocycles. The first-order chi connectivity index (χ1) is 9.08. The molecular formula is C14H21NO3S. The molecule has 1 aromatic rings. The van der Waals surface area contributed by atoms with Crippen LogP contribution in [-0.4, -0.2) is 29.0 Å². The van der Waals surface area contributed by atoms with E-state index in [1.54, 1.807) is 14.0 Å². The molecule has 0 aliphatic heterocycles. The van der Waals surface area contributed by atoms with Gasteiger partial charge >= 0.3 is 0 Å². The van der Waals surface area contributed by atoms with Gasteiger partial charge in [-0.2, -0.15) is 0 Å². The molecule has 4 nitrogen and oxygen atoms in total. The zero-order chi connectivity index (χ0) is 14.3. The Balaban J connectivity index is 2.60. The average molecular weight is 283 g/mol. The summed E-state index contributed by atoms with van der Waals surface area (Å²) in [6, 6.07) is 7.42. The molecule has 2 atom stereocenters. The Hall–Kier alpha value is -1.36. The number of methoxy groups -OCH3 is 1. The van der Waals surface area contributed by atoms with Crippen molar-refractivity contribution in [2.24, 2.45) is 0 Å². The van der Waals surface area contributed by atoms with Crippen LogP contribution in [0.25, 0.3) is 0 Å². The smallest absolute Gasteiger partial charge is 0.235 e. The van der Waals surface area contributed by atoms with Gasteiger partial charge in [-0.05, 0) is 31.0 Å². The van der Waals surface area contributed by atoms with Crippen LogP contribution in [0, 0.1) is 0 Å². The van der Waals surface area contributed by atoms with Crippen molar-refractivity contribution < 1.29 is 13.7 Å². The van der Waals surface area contributed by atoms with Gasteiger partial charge in [-0.3, -0.25) is 9.00 Å². The normalized spacial score (nSPS) is 13.6. The Bertz CT molecular complexity index is 448. The maximum absolute atomic E-state index is 12.1. The summed E-state index contributed by atoms with van der Waals surface area (Å²) in [5.41, 5.74) is 0.910. The van der Waals surface area contributed by atoms with Crippen LogP contribution in [0.2, 0.25) is 0 Å². The van der Waals surface area contributed by atoms with Gasteiger partial charge in [-0.1, -0.05) is 19.1 Å². The lowest BCUT2D eigenvalue weighted by Crippen LogP contribution is -2.36. The number of ether oxygens (including phenoxy) is 1. The molecule has 5 heteroatoms. The van der Waals surface area contributed by atoms with E-state index in [1.165, 1.54) is 0 Å². The summed E-state index contributed by atoms with van der Waals surface area (Å²) in [7, 11) is 0.367. The highest BCUT2D eigenvalue weighted by molar-refractivity contribution is 7.85. The molecule has 1 amide bonds. The van der Waals surface area contributed by atoms with Crippen molar-refractivity contribution in [1.82, 2.24) is 5.32 Å².